The first-order valence-corrected chi connectivity index (χ1v) is 5.64. The van der Waals surface area contributed by atoms with Crippen molar-refractivity contribution in [2.45, 2.75) is 5.32 Å². The van der Waals surface area contributed by atoms with Gasteiger partial charge < -0.3 is 0 Å². The third-order valence-electron chi connectivity index (χ3n) is 1.39. The zero-order valence-electron chi connectivity index (χ0n) is 6.73. The number of phenols is 1. The number of para-hydroxylation sites is 1. The fraction of sp³-hybridized carbons (Fsp3) is 0.111. The molecule has 0 radical (unpaired) electrons. The van der Waals surface area contributed by atoms with Crippen molar-refractivity contribution in [1.82, 2.24) is 0 Å². The van der Waals surface area contributed by atoms with Gasteiger partial charge in [-0.15, -0.1) is 0 Å². The molecular weight excluding hydrogens is 233 g/mol. The van der Waals surface area contributed by atoms with Crippen LogP contribution in [0.5, 0.6) is 5.75 Å². The van der Waals surface area contributed by atoms with E-state index in [4.69, 9.17) is 5.26 Å². The third kappa shape index (κ3) is 2.58. The molecule has 0 aliphatic heterocycles. The average Bonchev–Trinajstić information content (AvgIpc) is 2.15. The van der Waals surface area contributed by atoms with Crippen molar-refractivity contribution in [2.75, 3.05) is 0 Å². The summed E-state index contributed by atoms with van der Waals surface area (Å²) in [7, 11) is 0. The molecule has 0 spiro atoms. The van der Waals surface area contributed by atoms with Crippen LogP contribution in [0.25, 0.3) is 0 Å². The second kappa shape index (κ2) is 4.66. The SMILES string of the molecule is N#CC[Se]C(=O)c1ccccc1O. The van der Waals surface area contributed by atoms with Crippen molar-refractivity contribution in [2.24, 2.45) is 0 Å². The van der Waals surface area contributed by atoms with E-state index in [1.165, 1.54) is 6.07 Å². The molecule has 3 nitrogen and oxygen atoms in total. The van der Waals surface area contributed by atoms with E-state index in [-0.39, 0.29) is 30.7 Å². The molecule has 0 aliphatic rings. The number of nitrogens with zero attached hydrogens (tertiary/aromatic N) is 1. The minimum atomic E-state index is -0.381. The van der Waals surface area contributed by atoms with Crippen LogP contribution in [-0.4, -0.2) is 24.7 Å². The summed E-state index contributed by atoms with van der Waals surface area (Å²) in [6, 6.07) is 8.29. The van der Waals surface area contributed by atoms with Gasteiger partial charge in [-0.25, -0.2) is 0 Å². The Morgan fingerprint density at radius 3 is 2.85 bits per heavy atom. The number of phenolic OH excluding ortho intramolecular Hbond substituents is 1. The Morgan fingerprint density at radius 1 is 1.54 bits per heavy atom. The number of carbonyl (C=O) groups is 1. The van der Waals surface area contributed by atoms with Crippen molar-refractivity contribution in [1.29, 1.82) is 5.26 Å². The van der Waals surface area contributed by atoms with Gasteiger partial charge in [0.1, 0.15) is 0 Å². The van der Waals surface area contributed by atoms with Crippen molar-refractivity contribution in [3.05, 3.63) is 29.8 Å². The van der Waals surface area contributed by atoms with E-state index in [1.54, 1.807) is 18.2 Å². The van der Waals surface area contributed by atoms with Gasteiger partial charge in [-0.3, -0.25) is 0 Å². The third-order valence-corrected chi connectivity index (χ3v) is 2.98. The van der Waals surface area contributed by atoms with E-state index >= 15 is 0 Å². The van der Waals surface area contributed by atoms with Crippen molar-refractivity contribution < 1.29 is 9.90 Å². The Hall–Kier alpha value is -1.30. The van der Waals surface area contributed by atoms with Crippen LogP contribution in [0.4, 0.5) is 0 Å². The summed E-state index contributed by atoms with van der Waals surface area (Å²) in [5.41, 5.74) is 0.317. The molecule has 0 fully saturated rings. The molecule has 1 aromatic rings. The molecule has 0 atom stereocenters. The predicted molar refractivity (Wildman–Crippen MR) is 48.6 cm³/mol. The van der Waals surface area contributed by atoms with Crippen LogP contribution >= 0.6 is 0 Å². The Morgan fingerprint density at radius 2 is 2.23 bits per heavy atom. The van der Waals surface area contributed by atoms with E-state index in [0.29, 0.717) is 5.56 Å². The minimum absolute atomic E-state index is 0.00712. The van der Waals surface area contributed by atoms with Crippen molar-refractivity contribution in [3.63, 3.8) is 0 Å². The number of aromatic hydroxyl groups is 1. The van der Waals surface area contributed by atoms with Crippen LogP contribution in [0, 0.1) is 11.3 Å². The molecule has 66 valence electrons. The Kier molecular flexibility index (Phi) is 3.51. The van der Waals surface area contributed by atoms with E-state index in [1.807, 2.05) is 6.07 Å². The molecule has 13 heavy (non-hydrogen) atoms. The molecule has 0 aliphatic carbocycles. The summed E-state index contributed by atoms with van der Waals surface area (Å²) >= 11 is -0.381. The fourth-order valence-electron chi connectivity index (χ4n) is 0.822. The van der Waals surface area contributed by atoms with Gasteiger partial charge in [0.2, 0.25) is 0 Å². The molecular formula is C9H7NO2Se. The Balaban J connectivity index is 2.78. The molecule has 4 heteroatoms. The maximum atomic E-state index is 11.3. The molecule has 0 heterocycles. The number of rotatable bonds is 3. The first kappa shape index (κ1) is 9.78. The summed E-state index contributed by atoms with van der Waals surface area (Å²) < 4.78 is -0.132. The average molecular weight is 240 g/mol. The second-order valence-corrected chi connectivity index (χ2v) is 4.24. The van der Waals surface area contributed by atoms with Crippen LogP contribution < -0.4 is 0 Å². The first-order chi connectivity index (χ1) is 6.25. The quantitative estimate of drug-likeness (QED) is 0.807. The molecule has 0 saturated carbocycles. The molecule has 0 amide bonds. The van der Waals surface area contributed by atoms with Crippen LogP contribution in [0.3, 0.4) is 0 Å². The van der Waals surface area contributed by atoms with Crippen LogP contribution in [-0.2, 0) is 0 Å². The van der Waals surface area contributed by atoms with Gasteiger partial charge in [0.05, 0.1) is 0 Å². The monoisotopic (exact) mass is 241 g/mol. The number of nitriles is 1. The van der Waals surface area contributed by atoms with Crippen molar-refractivity contribution in [3.8, 4) is 11.8 Å². The number of benzene rings is 1. The zero-order valence-corrected chi connectivity index (χ0v) is 8.44. The molecule has 0 aromatic heterocycles. The van der Waals surface area contributed by atoms with Gasteiger partial charge in [-0.1, -0.05) is 0 Å². The molecule has 0 unspecified atom stereocenters. The predicted octanol–water partition coefficient (Wildman–Crippen LogP) is 1.18. The standard InChI is InChI=1S/C9H7NO2Se/c10-5-6-13-9(12)7-3-1-2-4-8(7)11/h1-4,11H,6H2. The Bertz CT molecular complexity index is 357. The topological polar surface area (TPSA) is 61.1 Å². The Labute approximate surface area is 82.2 Å². The molecule has 0 saturated heterocycles. The number of carbonyl (C=O) groups excluding carboxylic acids is 1. The first-order valence-electron chi connectivity index (χ1n) is 3.58. The van der Waals surface area contributed by atoms with E-state index in [2.05, 4.69) is 0 Å². The summed E-state index contributed by atoms with van der Waals surface area (Å²) in [6.07, 6.45) is 0. The van der Waals surface area contributed by atoms with Crippen LogP contribution in [0.2, 0.25) is 5.32 Å². The number of hydrogen-bond donors (Lipinski definition) is 1. The van der Waals surface area contributed by atoms with Crippen LogP contribution in [0.1, 0.15) is 10.4 Å². The van der Waals surface area contributed by atoms with Gasteiger partial charge in [0.25, 0.3) is 0 Å². The van der Waals surface area contributed by atoms with Crippen molar-refractivity contribution >= 4 is 19.6 Å². The van der Waals surface area contributed by atoms with E-state index < -0.39 is 0 Å². The summed E-state index contributed by atoms with van der Waals surface area (Å²) in [6.45, 7) is 0. The van der Waals surface area contributed by atoms with E-state index in [9.17, 15) is 9.90 Å². The van der Waals surface area contributed by atoms with E-state index in [0.717, 1.165) is 0 Å². The summed E-state index contributed by atoms with van der Waals surface area (Å²) in [5, 5.41) is 17.8. The summed E-state index contributed by atoms with van der Waals surface area (Å²) in [4.78, 5) is 11.3. The normalized spacial score (nSPS) is 9.15. The molecule has 0 bridgehead atoms. The molecule has 1 N–H and O–H groups in total. The molecule has 1 aromatic carbocycles. The fourth-order valence-corrected chi connectivity index (χ4v) is 1.92. The van der Waals surface area contributed by atoms with Gasteiger partial charge in [0.15, 0.2) is 0 Å². The van der Waals surface area contributed by atoms with Gasteiger partial charge >= 0.3 is 81.8 Å². The second-order valence-electron chi connectivity index (χ2n) is 2.25. The van der Waals surface area contributed by atoms with Crippen LogP contribution in [0.15, 0.2) is 24.3 Å². The summed E-state index contributed by atoms with van der Waals surface area (Å²) in [5.74, 6) is -0.00712. The number of hydrogen-bond acceptors (Lipinski definition) is 3. The zero-order chi connectivity index (χ0) is 9.68. The van der Waals surface area contributed by atoms with Gasteiger partial charge in [-0.2, -0.15) is 0 Å². The maximum absolute atomic E-state index is 11.3. The molecule has 1 rings (SSSR count). The van der Waals surface area contributed by atoms with Gasteiger partial charge in [-0.05, 0) is 0 Å². The van der Waals surface area contributed by atoms with Gasteiger partial charge in [0, 0.05) is 0 Å².